The van der Waals surface area contributed by atoms with E-state index in [1.807, 2.05) is 62.4 Å². The van der Waals surface area contributed by atoms with Crippen LogP contribution in [0.1, 0.15) is 28.4 Å². The number of nitrogens with one attached hydrogen (secondary N) is 2. The van der Waals surface area contributed by atoms with Crippen molar-refractivity contribution in [3.8, 4) is 17.2 Å². The summed E-state index contributed by atoms with van der Waals surface area (Å²) in [6, 6.07) is 21.8. The monoisotopic (exact) mass is 474 g/mol. The molecule has 0 heterocycles. The van der Waals surface area contributed by atoms with E-state index in [2.05, 4.69) is 10.6 Å². The van der Waals surface area contributed by atoms with Crippen LogP contribution in [-0.4, -0.2) is 38.7 Å². The van der Waals surface area contributed by atoms with Gasteiger partial charge >= 0.3 is 0 Å². The Morgan fingerprint density at radius 3 is 2.17 bits per heavy atom. The van der Waals surface area contributed by atoms with E-state index >= 15 is 0 Å². The molecule has 7 nitrogen and oxygen atoms in total. The molecule has 0 bridgehead atoms. The zero-order valence-corrected chi connectivity index (χ0v) is 20.2. The zero-order chi connectivity index (χ0) is 25.0. The number of amides is 2. The Morgan fingerprint density at radius 1 is 0.857 bits per heavy atom. The van der Waals surface area contributed by atoms with Crippen molar-refractivity contribution < 1.29 is 23.8 Å². The van der Waals surface area contributed by atoms with Crippen LogP contribution in [0.2, 0.25) is 0 Å². The molecule has 3 rings (SSSR count). The van der Waals surface area contributed by atoms with Crippen LogP contribution in [0.5, 0.6) is 17.2 Å². The predicted molar refractivity (Wildman–Crippen MR) is 136 cm³/mol. The summed E-state index contributed by atoms with van der Waals surface area (Å²) in [6.45, 7) is 4.92. The van der Waals surface area contributed by atoms with E-state index in [-0.39, 0.29) is 17.5 Å². The third kappa shape index (κ3) is 7.64. The summed E-state index contributed by atoms with van der Waals surface area (Å²) >= 11 is 0. The molecule has 0 aliphatic heterocycles. The standard InChI is InChI=1S/C28H30N2O5/c1-4-29-28(32)24(30-27(31)22-13-9-20(2)10-14-22)19-21-11-15-23(16-12-21)34-17-18-35-26-8-6-5-7-25(26)33-3/h5-16,19H,4,17-18H2,1-3H3,(H,29,32)(H,30,31)/b24-19+. The Labute approximate surface area is 205 Å². The molecule has 182 valence electrons. The highest BCUT2D eigenvalue weighted by Crippen LogP contribution is 2.25. The van der Waals surface area contributed by atoms with E-state index in [1.54, 1.807) is 37.5 Å². The van der Waals surface area contributed by atoms with Crippen molar-refractivity contribution in [1.82, 2.24) is 10.6 Å². The quantitative estimate of drug-likeness (QED) is 0.318. The maximum Gasteiger partial charge on any atom is 0.267 e. The Balaban J connectivity index is 1.61. The van der Waals surface area contributed by atoms with E-state index < -0.39 is 0 Å². The number of hydrogen-bond donors (Lipinski definition) is 2. The average Bonchev–Trinajstić information content (AvgIpc) is 2.87. The number of rotatable bonds is 11. The molecule has 3 aromatic carbocycles. The highest BCUT2D eigenvalue weighted by molar-refractivity contribution is 6.05. The molecule has 2 amide bonds. The van der Waals surface area contributed by atoms with E-state index in [1.165, 1.54) is 0 Å². The zero-order valence-electron chi connectivity index (χ0n) is 20.2. The Morgan fingerprint density at radius 2 is 1.51 bits per heavy atom. The van der Waals surface area contributed by atoms with Crippen LogP contribution in [0, 0.1) is 6.92 Å². The molecule has 7 heteroatoms. The molecule has 0 aliphatic carbocycles. The van der Waals surface area contributed by atoms with Gasteiger partial charge in [-0.3, -0.25) is 9.59 Å². The largest absolute Gasteiger partial charge is 0.493 e. The van der Waals surface area contributed by atoms with Gasteiger partial charge in [-0.05, 0) is 61.9 Å². The molecular weight excluding hydrogens is 444 g/mol. The van der Waals surface area contributed by atoms with E-state index in [9.17, 15) is 9.59 Å². The molecule has 0 radical (unpaired) electrons. The SMILES string of the molecule is CCNC(=O)/C(=C\c1ccc(OCCOc2ccccc2OC)cc1)NC(=O)c1ccc(C)cc1. The number of carbonyl (C=O) groups is 2. The number of aryl methyl sites for hydroxylation is 1. The van der Waals surface area contributed by atoms with Gasteiger partial charge in [-0.1, -0.05) is 42.0 Å². The van der Waals surface area contributed by atoms with Crippen LogP contribution in [0.3, 0.4) is 0 Å². The Hall–Kier alpha value is -4.26. The van der Waals surface area contributed by atoms with E-state index in [0.29, 0.717) is 42.6 Å². The first-order chi connectivity index (χ1) is 17.0. The topological polar surface area (TPSA) is 85.9 Å². The van der Waals surface area contributed by atoms with Gasteiger partial charge in [0.1, 0.15) is 24.7 Å². The lowest BCUT2D eigenvalue weighted by Gasteiger charge is -2.12. The smallest absolute Gasteiger partial charge is 0.267 e. The van der Waals surface area contributed by atoms with Crippen LogP contribution in [0.15, 0.2) is 78.5 Å². The van der Waals surface area contributed by atoms with Gasteiger partial charge < -0.3 is 24.8 Å². The fraction of sp³-hybridized carbons (Fsp3) is 0.214. The van der Waals surface area contributed by atoms with Gasteiger partial charge in [0.15, 0.2) is 11.5 Å². The van der Waals surface area contributed by atoms with Crippen LogP contribution >= 0.6 is 0 Å². The highest BCUT2D eigenvalue weighted by atomic mass is 16.5. The average molecular weight is 475 g/mol. The summed E-state index contributed by atoms with van der Waals surface area (Å²) in [6.07, 6.45) is 1.63. The summed E-state index contributed by atoms with van der Waals surface area (Å²) < 4.78 is 16.7. The van der Waals surface area contributed by atoms with Crippen LogP contribution in [0.4, 0.5) is 0 Å². The molecule has 0 aromatic heterocycles. The molecule has 0 aliphatic rings. The summed E-state index contributed by atoms with van der Waals surface area (Å²) in [5.41, 5.74) is 2.43. The van der Waals surface area contributed by atoms with Crippen molar-refractivity contribution in [1.29, 1.82) is 0 Å². The third-order valence-corrected chi connectivity index (χ3v) is 5.01. The van der Waals surface area contributed by atoms with Gasteiger partial charge in [0.25, 0.3) is 11.8 Å². The first-order valence-electron chi connectivity index (χ1n) is 11.4. The highest BCUT2D eigenvalue weighted by Gasteiger charge is 2.14. The fourth-order valence-corrected chi connectivity index (χ4v) is 3.19. The minimum atomic E-state index is -0.359. The predicted octanol–water partition coefficient (Wildman–Crippen LogP) is 4.37. The lowest BCUT2D eigenvalue weighted by molar-refractivity contribution is -0.117. The minimum Gasteiger partial charge on any atom is -0.493 e. The minimum absolute atomic E-state index is 0.163. The summed E-state index contributed by atoms with van der Waals surface area (Å²) in [7, 11) is 1.60. The van der Waals surface area contributed by atoms with Gasteiger partial charge in [0.2, 0.25) is 0 Å². The van der Waals surface area contributed by atoms with Gasteiger partial charge in [-0.25, -0.2) is 0 Å². The summed E-state index contributed by atoms with van der Waals surface area (Å²) in [4.78, 5) is 25.2. The van der Waals surface area contributed by atoms with Crippen LogP contribution < -0.4 is 24.8 Å². The van der Waals surface area contributed by atoms with Crippen molar-refractivity contribution in [2.45, 2.75) is 13.8 Å². The Bertz CT molecular complexity index is 1150. The van der Waals surface area contributed by atoms with Crippen molar-refractivity contribution in [3.05, 3.63) is 95.2 Å². The van der Waals surface area contributed by atoms with Gasteiger partial charge in [0.05, 0.1) is 7.11 Å². The normalized spacial score (nSPS) is 10.9. The first-order valence-corrected chi connectivity index (χ1v) is 11.4. The Kier molecular flexibility index (Phi) is 9.31. The lowest BCUT2D eigenvalue weighted by atomic mass is 10.1. The summed E-state index contributed by atoms with van der Waals surface area (Å²) in [5.74, 6) is 1.28. The molecule has 2 N–H and O–H groups in total. The van der Waals surface area contributed by atoms with E-state index in [4.69, 9.17) is 14.2 Å². The van der Waals surface area contributed by atoms with Crippen molar-refractivity contribution in [2.75, 3.05) is 26.9 Å². The van der Waals surface area contributed by atoms with Gasteiger partial charge in [0, 0.05) is 12.1 Å². The van der Waals surface area contributed by atoms with Gasteiger partial charge in [-0.15, -0.1) is 0 Å². The molecule has 0 saturated carbocycles. The second-order valence-corrected chi connectivity index (χ2v) is 7.65. The molecule has 3 aromatic rings. The van der Waals surface area contributed by atoms with Crippen LogP contribution in [0.25, 0.3) is 6.08 Å². The number of benzene rings is 3. The number of ether oxygens (including phenoxy) is 3. The van der Waals surface area contributed by atoms with Crippen molar-refractivity contribution >= 4 is 17.9 Å². The fourth-order valence-electron chi connectivity index (χ4n) is 3.19. The number of hydrogen-bond acceptors (Lipinski definition) is 5. The molecule has 0 unspecified atom stereocenters. The van der Waals surface area contributed by atoms with Crippen molar-refractivity contribution in [2.24, 2.45) is 0 Å². The number of likely N-dealkylation sites (N-methyl/N-ethyl adjacent to an activating group) is 1. The van der Waals surface area contributed by atoms with E-state index in [0.717, 1.165) is 11.1 Å². The second-order valence-electron chi connectivity index (χ2n) is 7.65. The number of methoxy groups -OCH3 is 1. The first kappa shape index (κ1) is 25.4. The molecule has 0 fully saturated rings. The maximum atomic E-state index is 12.6. The molecule has 0 saturated heterocycles. The summed E-state index contributed by atoms with van der Waals surface area (Å²) in [5, 5.41) is 5.45. The molecule has 0 atom stereocenters. The number of carbonyl (C=O) groups excluding carboxylic acids is 2. The molecule has 35 heavy (non-hydrogen) atoms. The van der Waals surface area contributed by atoms with Crippen LogP contribution in [-0.2, 0) is 4.79 Å². The molecule has 0 spiro atoms. The lowest BCUT2D eigenvalue weighted by Crippen LogP contribution is -2.34. The maximum absolute atomic E-state index is 12.6. The second kappa shape index (κ2) is 12.8. The third-order valence-electron chi connectivity index (χ3n) is 5.01. The van der Waals surface area contributed by atoms with Crippen molar-refractivity contribution in [3.63, 3.8) is 0 Å². The number of para-hydroxylation sites is 2. The van der Waals surface area contributed by atoms with Gasteiger partial charge in [-0.2, -0.15) is 0 Å². The molecular formula is C28H30N2O5.